The number of nitrogens with zero attached hydrogens (tertiary/aromatic N) is 5. The number of carbonyl (C=O) groups excluding carboxylic acids is 2. The highest BCUT2D eigenvalue weighted by Gasteiger charge is 2.38. The van der Waals surface area contributed by atoms with Gasteiger partial charge in [-0.25, -0.2) is 14.8 Å². The van der Waals surface area contributed by atoms with Crippen molar-refractivity contribution in [3.8, 4) is 0 Å². The molecule has 0 bridgehead atoms. The summed E-state index contributed by atoms with van der Waals surface area (Å²) < 4.78 is 4.70. The van der Waals surface area contributed by atoms with Gasteiger partial charge < -0.3 is 19.6 Å². The summed E-state index contributed by atoms with van der Waals surface area (Å²) in [6.07, 6.45) is -1.13. The number of piperazine rings is 1. The average Bonchev–Trinajstić information content (AvgIpc) is 3.29. The molecule has 194 valence electrons. The molecular formula is C26H29ClN6O4. The zero-order valence-electron chi connectivity index (χ0n) is 20.7. The van der Waals surface area contributed by atoms with Crippen LogP contribution >= 0.6 is 11.6 Å². The molecule has 2 aliphatic heterocycles. The van der Waals surface area contributed by atoms with Gasteiger partial charge in [0, 0.05) is 60.9 Å². The third kappa shape index (κ3) is 5.31. The van der Waals surface area contributed by atoms with E-state index in [1.807, 2.05) is 24.0 Å². The molecule has 2 N–H and O–H groups in total. The van der Waals surface area contributed by atoms with Crippen LogP contribution in [0.25, 0.3) is 10.9 Å². The molecule has 1 aromatic heterocycles. The fourth-order valence-corrected chi connectivity index (χ4v) is 5.17. The highest BCUT2D eigenvalue weighted by molar-refractivity contribution is 6.30. The molecule has 2 fully saturated rings. The maximum Gasteiger partial charge on any atom is 0.411 e. The van der Waals surface area contributed by atoms with Crippen LogP contribution in [0.2, 0.25) is 5.02 Å². The molecule has 0 saturated carbocycles. The SMILES string of the molecule is COC(=O)Nc1ccc2nc(C)nc(N3C[C@H](O)[C@@H](N4CCN(C(=O)c5ccc(Cl)cc5)CC4)C3)c2c1. The lowest BCUT2D eigenvalue weighted by Crippen LogP contribution is -2.54. The zero-order chi connectivity index (χ0) is 26.1. The molecule has 11 heteroatoms. The molecule has 0 spiro atoms. The van der Waals surface area contributed by atoms with Crippen LogP contribution < -0.4 is 10.2 Å². The van der Waals surface area contributed by atoms with Crippen molar-refractivity contribution in [3.05, 3.63) is 58.9 Å². The number of hydrogen-bond acceptors (Lipinski definition) is 8. The molecule has 0 aliphatic carbocycles. The Hall–Kier alpha value is -3.47. The Morgan fingerprint density at radius 3 is 2.49 bits per heavy atom. The molecule has 3 heterocycles. The average molecular weight is 525 g/mol. The molecule has 10 nitrogen and oxygen atoms in total. The highest BCUT2D eigenvalue weighted by Crippen LogP contribution is 2.31. The van der Waals surface area contributed by atoms with Gasteiger partial charge >= 0.3 is 6.09 Å². The summed E-state index contributed by atoms with van der Waals surface area (Å²) in [6.45, 7) is 5.37. The van der Waals surface area contributed by atoms with Crippen LogP contribution in [0, 0.1) is 6.92 Å². The number of hydrogen-bond donors (Lipinski definition) is 2. The molecule has 2 aliphatic rings. The number of aromatic nitrogens is 2. The van der Waals surface area contributed by atoms with Crippen molar-refractivity contribution in [1.29, 1.82) is 0 Å². The lowest BCUT2D eigenvalue weighted by molar-refractivity contribution is 0.0376. The lowest BCUT2D eigenvalue weighted by Gasteiger charge is -2.38. The van der Waals surface area contributed by atoms with Crippen molar-refractivity contribution in [2.24, 2.45) is 0 Å². The van der Waals surface area contributed by atoms with E-state index in [-0.39, 0.29) is 11.9 Å². The third-order valence-corrected chi connectivity index (χ3v) is 7.19. The van der Waals surface area contributed by atoms with Crippen LogP contribution in [0.5, 0.6) is 0 Å². The van der Waals surface area contributed by atoms with E-state index in [2.05, 4.69) is 20.1 Å². The Balaban J connectivity index is 1.29. The Labute approximate surface area is 219 Å². The topological polar surface area (TPSA) is 111 Å². The summed E-state index contributed by atoms with van der Waals surface area (Å²) >= 11 is 5.95. The van der Waals surface area contributed by atoms with Gasteiger partial charge in [0.15, 0.2) is 0 Å². The number of benzene rings is 2. The largest absolute Gasteiger partial charge is 0.453 e. The minimum absolute atomic E-state index is 0.00999. The van der Waals surface area contributed by atoms with Gasteiger partial charge in [0.1, 0.15) is 11.6 Å². The lowest BCUT2D eigenvalue weighted by atomic mass is 10.1. The van der Waals surface area contributed by atoms with Gasteiger partial charge in [0.05, 0.1) is 24.8 Å². The maximum absolute atomic E-state index is 12.9. The van der Waals surface area contributed by atoms with E-state index in [4.69, 9.17) is 21.3 Å². The van der Waals surface area contributed by atoms with Crippen LogP contribution in [0.3, 0.4) is 0 Å². The normalized spacial score (nSPS) is 20.3. The quantitative estimate of drug-likeness (QED) is 0.536. The first-order valence-electron chi connectivity index (χ1n) is 12.2. The van der Waals surface area contributed by atoms with Crippen molar-refractivity contribution in [2.45, 2.75) is 19.1 Å². The van der Waals surface area contributed by atoms with Gasteiger partial charge in [0.2, 0.25) is 0 Å². The number of aliphatic hydroxyl groups is 1. The van der Waals surface area contributed by atoms with E-state index in [0.29, 0.717) is 67.2 Å². The monoisotopic (exact) mass is 524 g/mol. The second-order valence-electron chi connectivity index (χ2n) is 9.32. The minimum atomic E-state index is -0.569. The van der Waals surface area contributed by atoms with Crippen molar-refractivity contribution in [1.82, 2.24) is 19.8 Å². The number of rotatable bonds is 4. The van der Waals surface area contributed by atoms with Crippen LogP contribution in [-0.4, -0.2) is 95.4 Å². The molecule has 2 aromatic carbocycles. The van der Waals surface area contributed by atoms with Crippen molar-refractivity contribution in [2.75, 3.05) is 56.6 Å². The standard InChI is InChI=1S/C26H29ClN6O4/c1-16-28-21-8-7-19(30-26(36)37-2)13-20(21)24(29-16)33-14-22(23(34)15-33)31-9-11-32(12-10-31)25(35)17-3-5-18(27)6-4-17/h3-8,13,22-23,34H,9-12,14-15H2,1-2H3,(H,30,36)/t22-,23-/m0/s1. The summed E-state index contributed by atoms with van der Waals surface area (Å²) in [4.78, 5) is 39.9. The Morgan fingerprint density at radius 1 is 1.05 bits per heavy atom. The number of aryl methyl sites for hydroxylation is 1. The van der Waals surface area contributed by atoms with E-state index in [9.17, 15) is 14.7 Å². The number of ether oxygens (including phenoxy) is 1. The predicted octanol–water partition coefficient (Wildman–Crippen LogP) is 2.78. The van der Waals surface area contributed by atoms with Crippen LogP contribution in [0.4, 0.5) is 16.3 Å². The van der Waals surface area contributed by atoms with Crippen LogP contribution in [0.1, 0.15) is 16.2 Å². The van der Waals surface area contributed by atoms with Crippen molar-refractivity contribution in [3.63, 3.8) is 0 Å². The molecular weight excluding hydrogens is 496 g/mol. The first kappa shape index (κ1) is 25.2. The van der Waals surface area contributed by atoms with E-state index in [1.165, 1.54) is 7.11 Å². The molecule has 2 atom stereocenters. The number of anilines is 2. The minimum Gasteiger partial charge on any atom is -0.453 e. The second-order valence-corrected chi connectivity index (χ2v) is 9.75. The number of halogens is 1. The Bertz CT molecular complexity index is 1310. The molecule has 0 unspecified atom stereocenters. The van der Waals surface area contributed by atoms with Gasteiger partial charge in [-0.2, -0.15) is 0 Å². The molecule has 3 aromatic rings. The molecule has 2 amide bonds. The number of nitrogens with one attached hydrogen (secondary N) is 1. The van der Waals surface area contributed by atoms with E-state index in [1.54, 1.807) is 30.3 Å². The van der Waals surface area contributed by atoms with Gasteiger partial charge in [-0.1, -0.05) is 11.6 Å². The number of β-amino-alcohol motifs (C(OH)–C–C–N with tert-alkyl or cyclic N) is 1. The Morgan fingerprint density at radius 2 is 1.78 bits per heavy atom. The highest BCUT2D eigenvalue weighted by atomic mass is 35.5. The van der Waals surface area contributed by atoms with Gasteiger partial charge in [-0.05, 0) is 49.4 Å². The van der Waals surface area contributed by atoms with E-state index in [0.717, 1.165) is 10.9 Å². The fourth-order valence-electron chi connectivity index (χ4n) is 5.05. The summed E-state index contributed by atoms with van der Waals surface area (Å²) in [7, 11) is 1.31. The predicted molar refractivity (Wildman–Crippen MR) is 141 cm³/mol. The fraction of sp³-hybridized carbons (Fsp3) is 0.385. The number of carbonyl (C=O) groups is 2. The third-order valence-electron chi connectivity index (χ3n) is 6.94. The smallest absolute Gasteiger partial charge is 0.411 e. The number of methoxy groups -OCH3 is 1. The zero-order valence-corrected chi connectivity index (χ0v) is 21.5. The van der Waals surface area contributed by atoms with Gasteiger partial charge in [-0.3, -0.25) is 15.0 Å². The summed E-state index contributed by atoms with van der Waals surface area (Å²) in [5, 5.41) is 15.1. The van der Waals surface area contributed by atoms with Crippen molar-refractivity contribution >= 4 is 46.0 Å². The van der Waals surface area contributed by atoms with Gasteiger partial charge in [0.25, 0.3) is 5.91 Å². The summed E-state index contributed by atoms with van der Waals surface area (Å²) in [5.74, 6) is 1.33. The molecule has 5 rings (SSSR count). The second kappa shape index (κ2) is 10.5. The number of fused-ring (bicyclic) bond motifs is 1. The molecule has 37 heavy (non-hydrogen) atoms. The van der Waals surface area contributed by atoms with Crippen LogP contribution in [0.15, 0.2) is 42.5 Å². The number of amides is 2. The van der Waals surface area contributed by atoms with E-state index >= 15 is 0 Å². The van der Waals surface area contributed by atoms with Crippen LogP contribution in [-0.2, 0) is 4.74 Å². The summed E-state index contributed by atoms with van der Waals surface area (Å²) in [6, 6.07) is 12.3. The molecule has 0 radical (unpaired) electrons. The first-order valence-corrected chi connectivity index (χ1v) is 12.6. The first-order chi connectivity index (χ1) is 17.8. The Kier molecular flexibility index (Phi) is 7.14. The van der Waals surface area contributed by atoms with Crippen molar-refractivity contribution < 1.29 is 19.4 Å². The maximum atomic E-state index is 12.9. The van der Waals surface area contributed by atoms with E-state index < -0.39 is 12.2 Å². The number of aliphatic hydroxyl groups excluding tert-OH is 1. The molecule has 2 saturated heterocycles. The van der Waals surface area contributed by atoms with Gasteiger partial charge in [-0.15, -0.1) is 0 Å². The summed E-state index contributed by atoms with van der Waals surface area (Å²) in [5.41, 5.74) is 1.95.